The summed E-state index contributed by atoms with van der Waals surface area (Å²) in [5.74, 6) is -1.44. The Kier molecular flexibility index (Phi) is 3.11. The van der Waals surface area contributed by atoms with Crippen molar-refractivity contribution in [3.05, 3.63) is 53.6 Å². The van der Waals surface area contributed by atoms with Crippen molar-refractivity contribution in [2.45, 2.75) is 0 Å². The maximum absolute atomic E-state index is 13.5. The minimum absolute atomic E-state index is 0.0265. The molecule has 0 radical (unpaired) electrons. The number of nitrogens with two attached hydrogens (primary N) is 1. The number of nitrogens with zero attached hydrogens (tertiary/aromatic N) is 1. The van der Waals surface area contributed by atoms with Crippen LogP contribution < -0.4 is 10.5 Å². The number of ether oxygens (including phenoxy) is 1. The van der Waals surface area contributed by atoms with Crippen LogP contribution in [-0.2, 0) is 0 Å². The van der Waals surface area contributed by atoms with Crippen LogP contribution in [0.1, 0.15) is 5.56 Å². The number of benzene rings is 2. The van der Waals surface area contributed by atoms with E-state index < -0.39 is 11.6 Å². The Balaban J connectivity index is 2.35. The van der Waals surface area contributed by atoms with Crippen molar-refractivity contribution in [1.82, 2.24) is 0 Å². The lowest BCUT2D eigenvalue weighted by Crippen LogP contribution is -1.96. The highest BCUT2D eigenvalue weighted by Gasteiger charge is 2.10. The Bertz CT molecular complexity index is 635. The SMILES string of the molecule is N#Cc1ccc(Oc2cccc(F)c2N)c(F)c1. The smallest absolute Gasteiger partial charge is 0.167 e. The van der Waals surface area contributed by atoms with E-state index in [2.05, 4.69) is 0 Å². The first-order chi connectivity index (χ1) is 8.61. The molecule has 0 fully saturated rings. The molecule has 0 saturated heterocycles. The summed E-state index contributed by atoms with van der Waals surface area (Å²) >= 11 is 0. The number of para-hydroxylation sites is 1. The summed E-state index contributed by atoms with van der Waals surface area (Å²) in [5, 5.41) is 8.60. The van der Waals surface area contributed by atoms with Gasteiger partial charge in [0.25, 0.3) is 0 Å². The van der Waals surface area contributed by atoms with Crippen molar-refractivity contribution in [3.8, 4) is 17.6 Å². The van der Waals surface area contributed by atoms with Gasteiger partial charge in [-0.1, -0.05) is 6.07 Å². The molecule has 0 saturated carbocycles. The summed E-state index contributed by atoms with van der Waals surface area (Å²) in [6.07, 6.45) is 0. The van der Waals surface area contributed by atoms with E-state index >= 15 is 0 Å². The summed E-state index contributed by atoms with van der Waals surface area (Å²) in [5.41, 5.74) is 5.44. The zero-order valence-electron chi connectivity index (χ0n) is 9.15. The first-order valence-corrected chi connectivity index (χ1v) is 5.03. The number of nitriles is 1. The second kappa shape index (κ2) is 4.72. The molecule has 0 heterocycles. The van der Waals surface area contributed by atoms with Crippen LogP contribution in [0.4, 0.5) is 14.5 Å². The van der Waals surface area contributed by atoms with Gasteiger partial charge in [-0.15, -0.1) is 0 Å². The summed E-state index contributed by atoms with van der Waals surface area (Å²) in [4.78, 5) is 0. The van der Waals surface area contributed by atoms with Crippen LogP contribution in [0.25, 0.3) is 0 Å². The van der Waals surface area contributed by atoms with Crippen molar-refractivity contribution in [2.24, 2.45) is 0 Å². The van der Waals surface area contributed by atoms with Crippen LogP contribution in [0.15, 0.2) is 36.4 Å². The third kappa shape index (κ3) is 2.23. The number of hydrogen-bond donors (Lipinski definition) is 1. The third-order valence-electron chi connectivity index (χ3n) is 2.29. The molecular weight excluding hydrogens is 238 g/mol. The fraction of sp³-hybridized carbons (Fsp3) is 0. The molecule has 2 N–H and O–H groups in total. The van der Waals surface area contributed by atoms with Crippen LogP contribution in [0.5, 0.6) is 11.5 Å². The Labute approximate surface area is 102 Å². The molecule has 2 aromatic carbocycles. The molecule has 0 unspecified atom stereocenters. The Morgan fingerprint density at radius 2 is 1.83 bits per heavy atom. The number of hydrogen-bond acceptors (Lipinski definition) is 3. The largest absolute Gasteiger partial charge is 0.452 e. The van der Waals surface area contributed by atoms with E-state index in [1.54, 1.807) is 6.07 Å². The van der Waals surface area contributed by atoms with Gasteiger partial charge in [-0.25, -0.2) is 8.78 Å². The molecule has 0 aliphatic rings. The highest BCUT2D eigenvalue weighted by atomic mass is 19.1. The highest BCUT2D eigenvalue weighted by Crippen LogP contribution is 2.30. The Hall–Kier alpha value is -2.61. The molecule has 0 aliphatic heterocycles. The van der Waals surface area contributed by atoms with Crippen molar-refractivity contribution < 1.29 is 13.5 Å². The molecule has 0 aromatic heterocycles. The minimum atomic E-state index is -0.710. The minimum Gasteiger partial charge on any atom is -0.452 e. The molecule has 2 rings (SSSR count). The highest BCUT2D eigenvalue weighted by molar-refractivity contribution is 5.55. The van der Waals surface area contributed by atoms with E-state index in [9.17, 15) is 8.78 Å². The quantitative estimate of drug-likeness (QED) is 0.827. The van der Waals surface area contributed by atoms with Gasteiger partial charge in [0, 0.05) is 0 Å². The van der Waals surface area contributed by atoms with Gasteiger partial charge in [0.2, 0.25) is 0 Å². The molecule has 18 heavy (non-hydrogen) atoms. The molecule has 0 bridgehead atoms. The molecule has 2 aromatic rings. The summed E-state index contributed by atoms with van der Waals surface area (Å²) in [7, 11) is 0. The molecular formula is C13H8F2N2O. The van der Waals surface area contributed by atoms with Gasteiger partial charge in [0.05, 0.1) is 11.6 Å². The Morgan fingerprint density at radius 1 is 1.06 bits per heavy atom. The standard InChI is InChI=1S/C13H8F2N2O/c14-9-2-1-3-12(13(9)17)18-11-5-4-8(7-16)6-10(11)15/h1-6H,17H2. The van der Waals surface area contributed by atoms with E-state index in [1.165, 1.54) is 30.3 Å². The van der Waals surface area contributed by atoms with E-state index in [0.29, 0.717) is 0 Å². The normalized spacial score (nSPS) is 9.83. The molecule has 0 amide bonds. The average Bonchev–Trinajstić information content (AvgIpc) is 2.37. The number of nitrogen functional groups attached to an aromatic ring is 1. The topological polar surface area (TPSA) is 59.0 Å². The van der Waals surface area contributed by atoms with E-state index in [0.717, 1.165) is 6.07 Å². The lowest BCUT2D eigenvalue weighted by Gasteiger charge is -2.09. The van der Waals surface area contributed by atoms with E-state index in [-0.39, 0.29) is 22.7 Å². The zero-order chi connectivity index (χ0) is 13.1. The van der Waals surface area contributed by atoms with Crippen LogP contribution >= 0.6 is 0 Å². The summed E-state index contributed by atoms with van der Waals surface area (Å²) in [6, 6.07) is 9.53. The average molecular weight is 246 g/mol. The van der Waals surface area contributed by atoms with Crippen LogP contribution in [0.3, 0.4) is 0 Å². The van der Waals surface area contributed by atoms with Gasteiger partial charge in [-0.05, 0) is 30.3 Å². The fourth-order valence-electron chi connectivity index (χ4n) is 1.38. The lowest BCUT2D eigenvalue weighted by molar-refractivity contribution is 0.441. The van der Waals surface area contributed by atoms with Crippen LogP contribution in [-0.4, -0.2) is 0 Å². The van der Waals surface area contributed by atoms with Gasteiger partial charge in [0.15, 0.2) is 17.3 Å². The summed E-state index contributed by atoms with van der Waals surface area (Å²) < 4.78 is 31.9. The molecule has 5 heteroatoms. The molecule has 0 aliphatic carbocycles. The van der Waals surface area contributed by atoms with Gasteiger partial charge in [-0.3, -0.25) is 0 Å². The van der Waals surface area contributed by atoms with Gasteiger partial charge < -0.3 is 10.5 Å². The zero-order valence-corrected chi connectivity index (χ0v) is 9.15. The first-order valence-electron chi connectivity index (χ1n) is 5.03. The van der Waals surface area contributed by atoms with Crippen molar-refractivity contribution in [3.63, 3.8) is 0 Å². The maximum Gasteiger partial charge on any atom is 0.167 e. The predicted octanol–water partition coefficient (Wildman–Crippen LogP) is 3.21. The van der Waals surface area contributed by atoms with E-state index in [4.69, 9.17) is 15.7 Å². The van der Waals surface area contributed by atoms with Gasteiger partial charge >= 0.3 is 0 Å². The number of halogens is 2. The molecule has 90 valence electrons. The third-order valence-corrected chi connectivity index (χ3v) is 2.29. The second-order valence-corrected chi connectivity index (χ2v) is 3.51. The van der Waals surface area contributed by atoms with Gasteiger partial charge in [-0.2, -0.15) is 5.26 Å². The molecule has 3 nitrogen and oxygen atoms in total. The fourth-order valence-corrected chi connectivity index (χ4v) is 1.38. The van der Waals surface area contributed by atoms with Crippen LogP contribution in [0, 0.1) is 23.0 Å². The number of rotatable bonds is 2. The van der Waals surface area contributed by atoms with Gasteiger partial charge in [0.1, 0.15) is 11.5 Å². The van der Waals surface area contributed by atoms with E-state index in [1.807, 2.05) is 0 Å². The maximum atomic E-state index is 13.5. The predicted molar refractivity (Wildman–Crippen MR) is 62.0 cm³/mol. The Morgan fingerprint density at radius 3 is 2.50 bits per heavy atom. The lowest BCUT2D eigenvalue weighted by atomic mass is 10.2. The monoisotopic (exact) mass is 246 g/mol. The number of anilines is 1. The van der Waals surface area contributed by atoms with Crippen molar-refractivity contribution in [2.75, 3.05) is 5.73 Å². The molecule has 0 atom stereocenters. The molecule has 0 spiro atoms. The van der Waals surface area contributed by atoms with Crippen LogP contribution in [0.2, 0.25) is 0 Å². The van der Waals surface area contributed by atoms with Crippen molar-refractivity contribution in [1.29, 1.82) is 5.26 Å². The first kappa shape index (κ1) is 11.9. The second-order valence-electron chi connectivity index (χ2n) is 3.51. The van der Waals surface area contributed by atoms with Crippen molar-refractivity contribution >= 4 is 5.69 Å². The summed E-state index contributed by atoms with van der Waals surface area (Å²) in [6.45, 7) is 0.